The molecule has 0 radical (unpaired) electrons. The van der Waals surface area contributed by atoms with Crippen molar-refractivity contribution in [3.63, 3.8) is 0 Å². The third kappa shape index (κ3) is 3.35. The maximum Gasteiger partial charge on any atom is 0.417 e. The predicted molar refractivity (Wildman–Crippen MR) is 87.1 cm³/mol. The number of fused-ring (bicyclic) bond motifs is 1. The number of amides is 1. The van der Waals surface area contributed by atoms with Gasteiger partial charge in [0.1, 0.15) is 5.65 Å². The average molecular weight is 347 g/mol. The molecule has 0 saturated carbocycles. The van der Waals surface area contributed by atoms with Gasteiger partial charge in [-0.05, 0) is 31.2 Å². The summed E-state index contributed by atoms with van der Waals surface area (Å²) in [6.45, 7) is 2.19. The summed E-state index contributed by atoms with van der Waals surface area (Å²) < 4.78 is 41.3. The summed E-state index contributed by atoms with van der Waals surface area (Å²) in [6, 6.07) is 10.3. The van der Waals surface area contributed by atoms with Crippen LogP contribution < -0.4 is 0 Å². The van der Waals surface area contributed by atoms with Gasteiger partial charge in [-0.2, -0.15) is 13.2 Å². The van der Waals surface area contributed by atoms with Gasteiger partial charge in [0.05, 0.1) is 29.6 Å². The normalized spacial score (nSPS) is 11.7. The van der Waals surface area contributed by atoms with Crippen molar-refractivity contribution >= 4 is 11.6 Å². The summed E-state index contributed by atoms with van der Waals surface area (Å²) in [5.74, 6) is -0.652. The van der Waals surface area contributed by atoms with Crippen LogP contribution >= 0.6 is 0 Å². The third-order valence-corrected chi connectivity index (χ3v) is 3.98. The monoisotopic (exact) mass is 347 g/mol. The van der Waals surface area contributed by atoms with Crippen molar-refractivity contribution in [2.75, 3.05) is 6.54 Å². The van der Waals surface area contributed by atoms with Crippen LogP contribution in [0.15, 0.2) is 54.9 Å². The van der Waals surface area contributed by atoms with Crippen LogP contribution in [0.1, 0.15) is 28.5 Å². The van der Waals surface area contributed by atoms with E-state index >= 15 is 0 Å². The number of rotatable bonds is 4. The van der Waals surface area contributed by atoms with Crippen LogP contribution in [0, 0.1) is 0 Å². The fourth-order valence-electron chi connectivity index (χ4n) is 2.71. The van der Waals surface area contributed by atoms with Gasteiger partial charge < -0.3 is 9.30 Å². The van der Waals surface area contributed by atoms with Gasteiger partial charge in [-0.3, -0.25) is 4.79 Å². The fourth-order valence-corrected chi connectivity index (χ4v) is 2.71. The summed E-state index contributed by atoms with van der Waals surface area (Å²) in [6.07, 6.45) is -1.14. The topological polar surface area (TPSA) is 37.6 Å². The highest BCUT2D eigenvalue weighted by Gasteiger charge is 2.35. The van der Waals surface area contributed by atoms with Gasteiger partial charge in [-0.1, -0.05) is 18.2 Å². The molecular weight excluding hydrogens is 331 g/mol. The van der Waals surface area contributed by atoms with Crippen LogP contribution in [-0.4, -0.2) is 26.7 Å². The van der Waals surface area contributed by atoms with Gasteiger partial charge in [0.15, 0.2) is 0 Å². The first-order valence-electron chi connectivity index (χ1n) is 7.78. The maximum absolute atomic E-state index is 13.2. The SMILES string of the molecule is CCN(Cc1cnc2ccccn12)C(=O)c1ccccc1C(F)(F)F. The first-order valence-corrected chi connectivity index (χ1v) is 7.78. The van der Waals surface area contributed by atoms with Crippen LogP contribution in [0.2, 0.25) is 0 Å². The maximum atomic E-state index is 13.2. The molecular formula is C18H16F3N3O. The Bertz CT molecular complexity index is 902. The van der Waals surface area contributed by atoms with Crippen molar-refractivity contribution in [3.8, 4) is 0 Å². The first-order chi connectivity index (χ1) is 11.9. The van der Waals surface area contributed by atoms with Gasteiger partial charge in [0.25, 0.3) is 5.91 Å². The number of alkyl halides is 3. The predicted octanol–water partition coefficient (Wildman–Crippen LogP) is 4.02. The number of carbonyl (C=O) groups excluding carboxylic acids is 1. The number of nitrogens with zero attached hydrogens (tertiary/aromatic N) is 3. The fraction of sp³-hybridized carbons (Fsp3) is 0.222. The number of carbonyl (C=O) groups is 1. The average Bonchev–Trinajstić information content (AvgIpc) is 3.01. The Morgan fingerprint density at radius 3 is 2.60 bits per heavy atom. The largest absolute Gasteiger partial charge is 0.417 e. The van der Waals surface area contributed by atoms with E-state index in [0.717, 1.165) is 17.4 Å². The van der Waals surface area contributed by atoms with E-state index < -0.39 is 17.6 Å². The summed E-state index contributed by atoms with van der Waals surface area (Å²) in [5, 5.41) is 0. The van der Waals surface area contributed by atoms with E-state index in [0.29, 0.717) is 0 Å². The van der Waals surface area contributed by atoms with Gasteiger partial charge in [0, 0.05) is 12.7 Å². The van der Waals surface area contributed by atoms with Gasteiger partial charge in [0.2, 0.25) is 0 Å². The van der Waals surface area contributed by atoms with Crippen molar-refractivity contribution in [1.29, 1.82) is 0 Å². The second-order valence-electron chi connectivity index (χ2n) is 5.54. The van der Waals surface area contributed by atoms with Crippen LogP contribution in [0.3, 0.4) is 0 Å². The Morgan fingerprint density at radius 2 is 1.88 bits per heavy atom. The number of imidazole rings is 1. The van der Waals surface area contributed by atoms with E-state index in [1.54, 1.807) is 19.3 Å². The van der Waals surface area contributed by atoms with E-state index in [9.17, 15) is 18.0 Å². The van der Waals surface area contributed by atoms with Crippen molar-refractivity contribution in [2.45, 2.75) is 19.6 Å². The Balaban J connectivity index is 1.93. The zero-order valence-corrected chi connectivity index (χ0v) is 13.5. The minimum atomic E-state index is -4.57. The lowest BCUT2D eigenvalue weighted by atomic mass is 10.1. The Labute approximate surface area is 142 Å². The quantitative estimate of drug-likeness (QED) is 0.715. The summed E-state index contributed by atoms with van der Waals surface area (Å²) in [7, 11) is 0. The number of pyridine rings is 1. The molecule has 130 valence electrons. The summed E-state index contributed by atoms with van der Waals surface area (Å²) in [4.78, 5) is 18.3. The highest BCUT2D eigenvalue weighted by atomic mass is 19.4. The second-order valence-corrected chi connectivity index (χ2v) is 5.54. The Kier molecular flexibility index (Phi) is 4.48. The van der Waals surface area contributed by atoms with Gasteiger partial charge in [-0.15, -0.1) is 0 Å². The van der Waals surface area contributed by atoms with Crippen molar-refractivity contribution in [3.05, 3.63) is 71.7 Å². The molecule has 2 heterocycles. The lowest BCUT2D eigenvalue weighted by Crippen LogP contribution is -2.32. The molecule has 3 rings (SSSR count). The number of aromatic nitrogens is 2. The first kappa shape index (κ1) is 17.0. The van der Waals surface area contributed by atoms with Crippen molar-refractivity contribution in [2.24, 2.45) is 0 Å². The minimum absolute atomic E-state index is 0.173. The zero-order chi connectivity index (χ0) is 18.0. The number of halogens is 3. The molecule has 2 aromatic heterocycles. The second kappa shape index (κ2) is 6.58. The molecule has 25 heavy (non-hydrogen) atoms. The van der Waals surface area contributed by atoms with Crippen LogP contribution in [0.4, 0.5) is 13.2 Å². The van der Waals surface area contributed by atoms with Gasteiger partial charge in [-0.25, -0.2) is 4.98 Å². The summed E-state index contributed by atoms with van der Waals surface area (Å²) >= 11 is 0. The molecule has 0 spiro atoms. The number of benzene rings is 1. The molecule has 7 heteroatoms. The Morgan fingerprint density at radius 1 is 1.16 bits per heavy atom. The number of hydrogen-bond acceptors (Lipinski definition) is 2. The molecule has 0 fully saturated rings. The van der Waals surface area contributed by atoms with Crippen LogP contribution in [-0.2, 0) is 12.7 Å². The zero-order valence-electron chi connectivity index (χ0n) is 13.5. The molecule has 0 aliphatic rings. The Hall–Kier alpha value is -2.83. The molecule has 0 bridgehead atoms. The smallest absolute Gasteiger partial charge is 0.333 e. The molecule has 0 N–H and O–H groups in total. The molecule has 1 aromatic carbocycles. The van der Waals surface area contributed by atoms with Crippen LogP contribution in [0.25, 0.3) is 5.65 Å². The lowest BCUT2D eigenvalue weighted by molar-refractivity contribution is -0.138. The highest BCUT2D eigenvalue weighted by Crippen LogP contribution is 2.32. The molecule has 0 unspecified atom stereocenters. The molecule has 1 amide bonds. The molecule has 3 aromatic rings. The standard InChI is InChI=1S/C18H16F3N3O/c1-2-23(12-13-11-22-16-9-5-6-10-24(13)16)17(25)14-7-3-4-8-15(14)18(19,20)21/h3-11H,2,12H2,1H3. The molecule has 0 aliphatic carbocycles. The van der Waals surface area contributed by atoms with Crippen LogP contribution in [0.5, 0.6) is 0 Å². The summed E-state index contributed by atoms with van der Waals surface area (Å²) in [5.41, 5.74) is 0.189. The molecule has 0 atom stereocenters. The van der Waals surface area contributed by atoms with Gasteiger partial charge >= 0.3 is 6.18 Å². The lowest BCUT2D eigenvalue weighted by Gasteiger charge is -2.22. The molecule has 0 saturated heterocycles. The van der Waals surface area contributed by atoms with E-state index in [1.165, 1.54) is 23.1 Å². The third-order valence-electron chi connectivity index (χ3n) is 3.98. The molecule has 4 nitrogen and oxygen atoms in total. The van der Waals surface area contributed by atoms with Crippen molar-refractivity contribution in [1.82, 2.24) is 14.3 Å². The minimum Gasteiger partial charge on any atom is -0.333 e. The van der Waals surface area contributed by atoms with Crippen molar-refractivity contribution < 1.29 is 18.0 Å². The molecule has 0 aliphatic heterocycles. The van der Waals surface area contributed by atoms with E-state index in [-0.39, 0.29) is 18.7 Å². The van der Waals surface area contributed by atoms with E-state index in [4.69, 9.17) is 0 Å². The van der Waals surface area contributed by atoms with E-state index in [2.05, 4.69) is 4.98 Å². The van der Waals surface area contributed by atoms with E-state index in [1.807, 2.05) is 22.6 Å². The number of hydrogen-bond donors (Lipinski definition) is 0. The highest BCUT2D eigenvalue weighted by molar-refractivity contribution is 5.95.